The van der Waals surface area contributed by atoms with E-state index in [1.165, 1.54) is 11.1 Å². The van der Waals surface area contributed by atoms with Gasteiger partial charge in [-0.25, -0.2) is 0 Å². The molecule has 0 aliphatic carbocycles. The lowest BCUT2D eigenvalue weighted by atomic mass is 9.96. The average molecular weight is 343 g/mol. The van der Waals surface area contributed by atoms with Crippen molar-refractivity contribution in [3.8, 4) is 0 Å². The average Bonchev–Trinajstić information content (AvgIpc) is 2.64. The highest BCUT2D eigenvalue weighted by atomic mass is 32.2. The van der Waals surface area contributed by atoms with Gasteiger partial charge in [-0.2, -0.15) is 0 Å². The van der Waals surface area contributed by atoms with Crippen LogP contribution in [0.5, 0.6) is 0 Å². The zero-order valence-electron chi connectivity index (χ0n) is 13.4. The fourth-order valence-corrected chi connectivity index (χ4v) is 3.80. The summed E-state index contributed by atoms with van der Waals surface area (Å²) in [6, 6.07) is 21.9. The molecule has 2 aromatic carbocycles. The van der Waals surface area contributed by atoms with Crippen LogP contribution in [0.4, 0.5) is 0 Å². The van der Waals surface area contributed by atoms with Crippen LogP contribution in [0, 0.1) is 0 Å². The molecule has 0 N–H and O–H groups in total. The van der Waals surface area contributed by atoms with E-state index in [0.29, 0.717) is 6.04 Å². The molecule has 0 bridgehead atoms. The quantitative estimate of drug-likeness (QED) is 0.776. The molecule has 2 aromatic rings. The molecule has 3 rings (SSSR count). The van der Waals surface area contributed by atoms with Crippen LogP contribution < -0.4 is 0 Å². The summed E-state index contributed by atoms with van der Waals surface area (Å²) >= 11 is 7.11. The summed E-state index contributed by atoms with van der Waals surface area (Å²) in [6.07, 6.45) is 2.06. The van der Waals surface area contributed by atoms with Gasteiger partial charge in [-0.05, 0) is 17.4 Å². The van der Waals surface area contributed by atoms with Crippen LogP contribution in [0.25, 0.3) is 0 Å². The Hall–Kier alpha value is -1.36. The summed E-state index contributed by atoms with van der Waals surface area (Å²) in [5.74, 6) is 0. The summed E-state index contributed by atoms with van der Waals surface area (Å²) in [7, 11) is 0. The van der Waals surface area contributed by atoms with Gasteiger partial charge in [0.15, 0.2) is 0 Å². The van der Waals surface area contributed by atoms with E-state index in [2.05, 4.69) is 76.7 Å². The van der Waals surface area contributed by atoms with Gasteiger partial charge in [-0.3, -0.25) is 4.90 Å². The summed E-state index contributed by atoms with van der Waals surface area (Å²) in [4.78, 5) is 4.90. The zero-order chi connectivity index (χ0) is 16.1. The highest BCUT2D eigenvalue weighted by Crippen LogP contribution is 2.29. The normalized spacial score (nSPS) is 15.8. The lowest BCUT2D eigenvalue weighted by Gasteiger charge is -2.40. The lowest BCUT2D eigenvalue weighted by molar-refractivity contribution is 0.153. The first-order valence-corrected chi connectivity index (χ1v) is 9.59. The van der Waals surface area contributed by atoms with Gasteiger partial charge >= 0.3 is 0 Å². The maximum atomic E-state index is 5.44. The molecule has 0 amide bonds. The fraction of sp³-hybridized carbons (Fsp3) is 0.316. The van der Waals surface area contributed by atoms with Crippen molar-refractivity contribution in [2.75, 3.05) is 32.4 Å². The van der Waals surface area contributed by atoms with Crippen molar-refractivity contribution in [3.63, 3.8) is 0 Å². The van der Waals surface area contributed by atoms with E-state index >= 15 is 0 Å². The second-order valence-electron chi connectivity index (χ2n) is 5.72. The van der Waals surface area contributed by atoms with E-state index in [-0.39, 0.29) is 0 Å². The van der Waals surface area contributed by atoms with Gasteiger partial charge < -0.3 is 4.90 Å². The number of rotatable bonds is 3. The van der Waals surface area contributed by atoms with E-state index in [1.807, 2.05) is 0 Å². The lowest BCUT2D eigenvalue weighted by Crippen LogP contribution is -2.48. The van der Waals surface area contributed by atoms with Crippen LogP contribution in [0.1, 0.15) is 17.2 Å². The molecule has 1 fully saturated rings. The molecule has 23 heavy (non-hydrogen) atoms. The molecule has 0 radical (unpaired) electrons. The van der Waals surface area contributed by atoms with Crippen molar-refractivity contribution in [2.24, 2.45) is 0 Å². The third-order valence-electron chi connectivity index (χ3n) is 4.34. The molecule has 120 valence electrons. The van der Waals surface area contributed by atoms with Gasteiger partial charge in [0.1, 0.15) is 4.32 Å². The number of hydrogen-bond acceptors (Lipinski definition) is 3. The molecule has 1 aliphatic heterocycles. The predicted octanol–water partition coefficient (Wildman–Crippen LogP) is 4.04. The largest absolute Gasteiger partial charge is 0.355 e. The maximum absolute atomic E-state index is 5.44. The summed E-state index contributed by atoms with van der Waals surface area (Å²) in [5.41, 5.74) is 2.72. The maximum Gasteiger partial charge on any atom is 0.136 e. The number of hydrogen-bond donors (Lipinski definition) is 0. The summed E-state index contributed by atoms with van der Waals surface area (Å²) < 4.78 is 1.01. The highest BCUT2D eigenvalue weighted by Gasteiger charge is 2.26. The second kappa shape index (κ2) is 7.95. The number of thioether (sulfide) groups is 1. The van der Waals surface area contributed by atoms with Crippen molar-refractivity contribution in [1.29, 1.82) is 0 Å². The van der Waals surface area contributed by atoms with Gasteiger partial charge in [0, 0.05) is 26.2 Å². The topological polar surface area (TPSA) is 6.48 Å². The Bertz CT molecular complexity index is 583. The smallest absolute Gasteiger partial charge is 0.136 e. The van der Waals surface area contributed by atoms with Crippen molar-refractivity contribution in [3.05, 3.63) is 71.8 Å². The first kappa shape index (κ1) is 16.5. The molecule has 1 saturated heterocycles. The molecule has 1 aliphatic rings. The SMILES string of the molecule is CSC(=S)N1CCN(C(c2ccccc2)c2ccccc2)CC1. The molecular formula is C19H22N2S2. The minimum Gasteiger partial charge on any atom is -0.355 e. The van der Waals surface area contributed by atoms with E-state index in [9.17, 15) is 0 Å². The van der Waals surface area contributed by atoms with Crippen LogP contribution in [0.3, 0.4) is 0 Å². The Morgan fingerprint density at radius 3 is 1.78 bits per heavy atom. The Morgan fingerprint density at radius 2 is 1.35 bits per heavy atom. The number of benzene rings is 2. The minimum absolute atomic E-state index is 0.322. The Labute approximate surface area is 148 Å². The standard InChI is InChI=1S/C19H22N2S2/c1-23-19(22)21-14-12-20(13-15-21)18(16-8-4-2-5-9-16)17-10-6-3-7-11-17/h2-11,18H,12-15H2,1H3. The van der Waals surface area contributed by atoms with Crippen LogP contribution >= 0.6 is 24.0 Å². The molecule has 0 aromatic heterocycles. The van der Waals surface area contributed by atoms with Gasteiger partial charge in [0.05, 0.1) is 6.04 Å². The summed E-state index contributed by atoms with van der Waals surface area (Å²) in [5, 5.41) is 0. The molecular weight excluding hydrogens is 320 g/mol. The monoisotopic (exact) mass is 342 g/mol. The molecule has 0 spiro atoms. The molecule has 1 heterocycles. The Kier molecular flexibility index (Phi) is 5.70. The third kappa shape index (κ3) is 3.94. The van der Waals surface area contributed by atoms with Crippen molar-refractivity contribution in [2.45, 2.75) is 6.04 Å². The number of nitrogens with zero attached hydrogens (tertiary/aromatic N) is 2. The third-order valence-corrected chi connectivity index (χ3v) is 5.71. The first-order chi connectivity index (χ1) is 11.3. The van der Waals surface area contributed by atoms with Crippen LogP contribution in [0.15, 0.2) is 60.7 Å². The van der Waals surface area contributed by atoms with E-state index < -0.39 is 0 Å². The Morgan fingerprint density at radius 1 is 0.870 bits per heavy atom. The fourth-order valence-electron chi connectivity index (χ4n) is 3.18. The molecule has 0 atom stereocenters. The second-order valence-corrected chi connectivity index (χ2v) is 7.16. The van der Waals surface area contributed by atoms with Crippen molar-refractivity contribution < 1.29 is 0 Å². The van der Waals surface area contributed by atoms with Crippen LogP contribution in [-0.2, 0) is 0 Å². The first-order valence-electron chi connectivity index (χ1n) is 7.96. The van der Waals surface area contributed by atoms with Crippen LogP contribution in [-0.4, -0.2) is 46.6 Å². The predicted molar refractivity (Wildman–Crippen MR) is 104 cm³/mol. The number of piperazine rings is 1. The minimum atomic E-state index is 0.322. The Balaban J connectivity index is 1.82. The molecule has 2 nitrogen and oxygen atoms in total. The number of thiocarbonyl (C=S) groups is 1. The van der Waals surface area contributed by atoms with Gasteiger partial charge in [-0.15, -0.1) is 11.8 Å². The molecule has 0 unspecified atom stereocenters. The molecule has 0 saturated carbocycles. The van der Waals surface area contributed by atoms with Crippen molar-refractivity contribution >= 4 is 28.3 Å². The summed E-state index contributed by atoms with van der Waals surface area (Å²) in [6.45, 7) is 4.09. The van der Waals surface area contributed by atoms with E-state index in [0.717, 1.165) is 30.5 Å². The van der Waals surface area contributed by atoms with Gasteiger partial charge in [0.25, 0.3) is 0 Å². The highest BCUT2D eigenvalue weighted by molar-refractivity contribution is 8.22. The van der Waals surface area contributed by atoms with Gasteiger partial charge in [-0.1, -0.05) is 72.9 Å². The van der Waals surface area contributed by atoms with Crippen molar-refractivity contribution in [1.82, 2.24) is 9.80 Å². The zero-order valence-corrected chi connectivity index (χ0v) is 15.0. The van der Waals surface area contributed by atoms with Gasteiger partial charge in [0.2, 0.25) is 0 Å². The molecule has 4 heteroatoms. The van der Waals surface area contributed by atoms with E-state index in [4.69, 9.17) is 12.2 Å². The van der Waals surface area contributed by atoms with Crippen LogP contribution in [0.2, 0.25) is 0 Å². The van der Waals surface area contributed by atoms with E-state index in [1.54, 1.807) is 11.8 Å².